The van der Waals surface area contributed by atoms with Crippen molar-refractivity contribution in [1.29, 1.82) is 0 Å². The van der Waals surface area contributed by atoms with Gasteiger partial charge in [-0.05, 0) is 49.6 Å². The van der Waals surface area contributed by atoms with Crippen molar-refractivity contribution < 1.29 is 26.8 Å². The Bertz CT molecular complexity index is 1590. The summed E-state index contributed by atoms with van der Waals surface area (Å²) in [5.41, 5.74) is 11.3. The number of fused-ring (bicyclic) bond motifs is 1. The van der Waals surface area contributed by atoms with Gasteiger partial charge in [0.25, 0.3) is 15.9 Å². The molecule has 0 radical (unpaired) electrons. The number of amides is 2. The zero-order valence-electron chi connectivity index (χ0n) is 19.8. The lowest BCUT2D eigenvalue weighted by Gasteiger charge is -2.49. The third-order valence-electron chi connectivity index (χ3n) is 6.38. The standard InChI is InChI=1S/C24H24ClN5O6S/c1-2-3-18(31)30-37(33,34)19-7-6-17(35-19)20(32)29-24(27)9-8-22(13-24)11-23(26,12-22)21-28-15-10-14(25)4-5-16(15)36-21/h4-7,10H,2-3,11-13,26-27H2,1H3,(H,29,32)(H,30,31)/t22?,23?,24-/m0/s1. The van der Waals surface area contributed by atoms with Crippen molar-refractivity contribution in [2.45, 2.75) is 55.3 Å². The summed E-state index contributed by atoms with van der Waals surface area (Å²) in [6.45, 7) is 1.74. The number of sulfonamides is 1. The molecule has 37 heavy (non-hydrogen) atoms. The largest absolute Gasteiger partial charge is 0.439 e. The molecular formula is C24H24ClN5O6S. The van der Waals surface area contributed by atoms with E-state index in [0.717, 1.165) is 6.07 Å². The summed E-state index contributed by atoms with van der Waals surface area (Å²) >= 11 is 6.03. The zero-order chi connectivity index (χ0) is 26.6. The Hall–Kier alpha value is -3.37. The van der Waals surface area contributed by atoms with Crippen molar-refractivity contribution in [2.75, 3.05) is 0 Å². The molecule has 2 heterocycles. The summed E-state index contributed by atoms with van der Waals surface area (Å²) < 4.78 is 37.6. The molecule has 0 aliphatic heterocycles. The maximum Gasteiger partial charge on any atom is 0.297 e. The lowest BCUT2D eigenvalue weighted by atomic mass is 9.57. The number of benzene rings is 1. The summed E-state index contributed by atoms with van der Waals surface area (Å²) in [4.78, 5) is 28.9. The van der Waals surface area contributed by atoms with Crippen molar-refractivity contribution in [3.63, 3.8) is 0 Å². The normalized spacial score (nSPS) is 26.5. The predicted octanol–water partition coefficient (Wildman–Crippen LogP) is 2.11. The molecule has 1 spiro atoms. The summed E-state index contributed by atoms with van der Waals surface area (Å²) in [5, 5.41) is 2.59. The monoisotopic (exact) mass is 545 g/mol. The summed E-state index contributed by atoms with van der Waals surface area (Å²) in [6.07, 6.45) is 1.61. The number of rotatable bonds is 7. The van der Waals surface area contributed by atoms with Gasteiger partial charge in [0.15, 0.2) is 17.0 Å². The molecule has 1 aromatic carbocycles. The molecule has 0 saturated heterocycles. The molecule has 13 heteroatoms. The zero-order valence-corrected chi connectivity index (χ0v) is 21.3. The molecule has 2 amide bonds. The second-order valence-electron chi connectivity index (χ2n) is 9.67. The molecule has 2 aliphatic rings. The van der Waals surface area contributed by atoms with Gasteiger partial charge in [0.1, 0.15) is 5.52 Å². The minimum atomic E-state index is -4.24. The number of aromatic nitrogens is 1. The van der Waals surface area contributed by atoms with Gasteiger partial charge in [-0.2, -0.15) is 8.42 Å². The van der Waals surface area contributed by atoms with Crippen molar-refractivity contribution in [3.8, 4) is 11.8 Å². The lowest BCUT2D eigenvalue weighted by molar-refractivity contribution is -0.119. The number of nitrogens with two attached hydrogens (primary N) is 2. The van der Waals surface area contributed by atoms with Crippen molar-refractivity contribution in [2.24, 2.45) is 16.9 Å². The minimum Gasteiger partial charge on any atom is -0.439 e. The average Bonchev–Trinajstić information content (AvgIpc) is 3.50. The number of nitrogens with one attached hydrogen (secondary N) is 2. The number of carbonyl (C=O) groups excluding carboxylic acids is 2. The second kappa shape index (κ2) is 8.59. The van der Waals surface area contributed by atoms with Crippen LogP contribution in [0.4, 0.5) is 0 Å². The topological polar surface area (TPSA) is 184 Å². The van der Waals surface area contributed by atoms with Crippen LogP contribution >= 0.6 is 11.6 Å². The fourth-order valence-electron chi connectivity index (χ4n) is 4.90. The number of oxazole rings is 1. The van der Waals surface area contributed by atoms with Crippen molar-refractivity contribution in [1.82, 2.24) is 15.0 Å². The third kappa shape index (κ3) is 4.71. The molecule has 2 aromatic heterocycles. The van der Waals surface area contributed by atoms with Crippen LogP contribution in [0.5, 0.6) is 0 Å². The van der Waals surface area contributed by atoms with E-state index < -0.39 is 43.5 Å². The number of hydrogen-bond acceptors (Lipinski definition) is 9. The van der Waals surface area contributed by atoms with E-state index in [1.54, 1.807) is 25.1 Å². The van der Waals surface area contributed by atoms with Gasteiger partial charge >= 0.3 is 0 Å². The van der Waals surface area contributed by atoms with Gasteiger partial charge in [-0.1, -0.05) is 30.4 Å². The number of halogens is 1. The van der Waals surface area contributed by atoms with Gasteiger partial charge in [0.05, 0.1) is 5.54 Å². The highest BCUT2D eigenvalue weighted by Crippen LogP contribution is 2.57. The predicted molar refractivity (Wildman–Crippen MR) is 132 cm³/mol. The third-order valence-corrected chi connectivity index (χ3v) is 7.86. The van der Waals surface area contributed by atoms with E-state index in [9.17, 15) is 18.0 Å². The summed E-state index contributed by atoms with van der Waals surface area (Å²) in [5.74, 6) is 4.67. The van der Waals surface area contributed by atoms with E-state index in [1.807, 2.05) is 4.72 Å². The first-order chi connectivity index (χ1) is 17.3. The van der Waals surface area contributed by atoms with Crippen LogP contribution in [-0.4, -0.2) is 30.9 Å². The van der Waals surface area contributed by atoms with Crippen LogP contribution in [-0.2, 0) is 20.4 Å². The van der Waals surface area contributed by atoms with Crippen LogP contribution in [0.1, 0.15) is 55.5 Å². The van der Waals surface area contributed by atoms with Gasteiger partial charge in [0.2, 0.25) is 16.9 Å². The van der Waals surface area contributed by atoms with Crippen LogP contribution in [0.2, 0.25) is 5.02 Å². The maximum absolute atomic E-state index is 12.8. The highest BCUT2D eigenvalue weighted by molar-refractivity contribution is 7.89. The Kier molecular flexibility index (Phi) is 5.87. The lowest BCUT2D eigenvalue weighted by Crippen LogP contribution is -2.60. The molecule has 1 atom stereocenters. The minimum absolute atomic E-state index is 0.0359. The van der Waals surface area contributed by atoms with Gasteiger partial charge in [-0.25, -0.2) is 9.71 Å². The van der Waals surface area contributed by atoms with Gasteiger partial charge < -0.3 is 19.9 Å². The first kappa shape index (κ1) is 25.3. The molecule has 3 aromatic rings. The van der Waals surface area contributed by atoms with Crippen LogP contribution in [0, 0.1) is 17.3 Å². The number of furan rings is 1. The summed E-state index contributed by atoms with van der Waals surface area (Å²) in [7, 11) is -4.24. The average molecular weight is 546 g/mol. The molecule has 1 fully saturated rings. The Labute approximate surface area is 217 Å². The fourth-order valence-corrected chi connectivity index (χ4v) is 6.02. The molecule has 5 rings (SSSR count). The SMILES string of the molecule is CCCC(=O)NS(=O)(=O)c1ccc(C(=O)N[C@@]2(N)C#CC3(CC(N)(c4nc5cc(Cl)ccc5o4)C3)C2)o1. The first-order valence-corrected chi connectivity index (χ1v) is 13.4. The van der Waals surface area contributed by atoms with E-state index in [2.05, 4.69) is 22.1 Å². The number of nitrogens with zero attached hydrogens (tertiary/aromatic N) is 1. The van der Waals surface area contributed by atoms with Gasteiger partial charge in [-0.3, -0.25) is 15.3 Å². The molecule has 1 saturated carbocycles. The first-order valence-electron chi connectivity index (χ1n) is 11.5. The Morgan fingerprint density at radius 1 is 1.14 bits per heavy atom. The van der Waals surface area contributed by atoms with Crippen LogP contribution < -0.4 is 21.5 Å². The Morgan fingerprint density at radius 3 is 2.62 bits per heavy atom. The van der Waals surface area contributed by atoms with E-state index in [1.165, 1.54) is 6.07 Å². The maximum atomic E-state index is 12.8. The van der Waals surface area contributed by atoms with Crippen LogP contribution in [0.25, 0.3) is 11.1 Å². The molecule has 194 valence electrons. The Morgan fingerprint density at radius 2 is 1.89 bits per heavy atom. The molecule has 11 nitrogen and oxygen atoms in total. The highest BCUT2D eigenvalue weighted by Gasteiger charge is 2.59. The number of carbonyl (C=O) groups is 2. The smallest absolute Gasteiger partial charge is 0.297 e. The molecule has 0 bridgehead atoms. The van der Waals surface area contributed by atoms with Crippen molar-refractivity contribution >= 4 is 44.5 Å². The Balaban J connectivity index is 1.24. The van der Waals surface area contributed by atoms with Gasteiger partial charge in [-0.15, -0.1) is 0 Å². The second-order valence-corrected chi connectivity index (χ2v) is 11.7. The van der Waals surface area contributed by atoms with Gasteiger partial charge in [0, 0.05) is 23.3 Å². The molecule has 6 N–H and O–H groups in total. The highest BCUT2D eigenvalue weighted by atomic mass is 35.5. The molecule has 0 unspecified atom stereocenters. The van der Waals surface area contributed by atoms with E-state index in [-0.39, 0.29) is 18.6 Å². The fraction of sp³-hybridized carbons (Fsp3) is 0.375. The summed E-state index contributed by atoms with van der Waals surface area (Å²) in [6, 6.07) is 7.40. The van der Waals surface area contributed by atoms with Crippen LogP contribution in [0.15, 0.2) is 44.3 Å². The molecule has 2 aliphatic carbocycles. The van der Waals surface area contributed by atoms with Crippen LogP contribution in [0.3, 0.4) is 0 Å². The quantitative estimate of drug-likeness (QED) is 0.255. The van der Waals surface area contributed by atoms with Crippen molar-refractivity contribution in [3.05, 3.63) is 47.0 Å². The molecular weight excluding hydrogens is 522 g/mol. The van der Waals surface area contributed by atoms with E-state index in [4.69, 9.17) is 31.9 Å². The van der Waals surface area contributed by atoms with E-state index in [0.29, 0.717) is 41.3 Å². The van der Waals surface area contributed by atoms with E-state index >= 15 is 0 Å². The number of hydrogen-bond donors (Lipinski definition) is 4.